The topological polar surface area (TPSA) is 46.6 Å². The van der Waals surface area contributed by atoms with E-state index < -0.39 is 11.8 Å². The number of piperidine rings is 1. The van der Waals surface area contributed by atoms with Crippen molar-refractivity contribution in [1.82, 2.24) is 4.90 Å². The van der Waals surface area contributed by atoms with Crippen LogP contribution in [0.2, 0.25) is 0 Å². The normalized spacial score (nSPS) is 15.5. The molecule has 0 unspecified atom stereocenters. The summed E-state index contributed by atoms with van der Waals surface area (Å²) in [5, 5.41) is 0. The molecule has 17 heavy (non-hydrogen) atoms. The predicted octanol–water partition coefficient (Wildman–Crippen LogP) is 1.62. The van der Waals surface area contributed by atoms with Gasteiger partial charge in [-0.25, -0.2) is 4.79 Å². The summed E-state index contributed by atoms with van der Waals surface area (Å²) in [6.07, 6.45) is 3.53. The summed E-state index contributed by atoms with van der Waals surface area (Å²) < 4.78 is 5.33. The van der Waals surface area contributed by atoms with Gasteiger partial charge in [-0.2, -0.15) is 0 Å². The first-order chi connectivity index (χ1) is 8.15. The van der Waals surface area contributed by atoms with Crippen molar-refractivity contribution in [3.05, 3.63) is 0 Å². The van der Waals surface area contributed by atoms with E-state index in [0.717, 1.165) is 25.9 Å². The maximum atomic E-state index is 11.3. The van der Waals surface area contributed by atoms with Crippen LogP contribution in [0.25, 0.3) is 0 Å². The first-order valence-corrected chi connectivity index (χ1v) is 7.16. The minimum absolute atomic E-state index is 0.0775. The Labute approximate surface area is 111 Å². The van der Waals surface area contributed by atoms with E-state index in [-0.39, 0.29) is 12.4 Å². The van der Waals surface area contributed by atoms with Crippen LogP contribution in [0.15, 0.2) is 0 Å². The Hall–Kier alpha value is -0.620. The predicted molar refractivity (Wildman–Crippen MR) is 72.1 cm³/mol. The molecule has 1 heterocycles. The van der Waals surface area contributed by atoms with E-state index in [4.69, 9.17) is 12.2 Å². The third kappa shape index (κ3) is 5.04. The van der Waals surface area contributed by atoms with Gasteiger partial charge in [-0.3, -0.25) is 4.79 Å². The molecule has 96 valence electrons. The second-order valence-electron chi connectivity index (χ2n) is 3.75. The van der Waals surface area contributed by atoms with Crippen molar-refractivity contribution in [2.45, 2.75) is 26.2 Å². The van der Waals surface area contributed by atoms with Gasteiger partial charge in [0.05, 0.1) is 12.4 Å². The molecule has 0 bridgehead atoms. The zero-order valence-corrected chi connectivity index (χ0v) is 11.6. The van der Waals surface area contributed by atoms with Crippen molar-refractivity contribution < 1.29 is 14.3 Å². The van der Waals surface area contributed by atoms with Gasteiger partial charge in [-0.15, -0.1) is 0 Å². The number of carbonyl (C=O) groups excluding carboxylic acids is 2. The number of nitrogens with zero attached hydrogens (tertiary/aromatic N) is 1. The lowest BCUT2D eigenvalue weighted by Gasteiger charge is -2.28. The Morgan fingerprint density at radius 2 is 1.94 bits per heavy atom. The van der Waals surface area contributed by atoms with Crippen LogP contribution in [0.5, 0.6) is 0 Å². The largest absolute Gasteiger partial charge is 0.460 e. The molecule has 0 aromatic rings. The molecule has 1 fully saturated rings. The summed E-state index contributed by atoms with van der Waals surface area (Å²) in [6, 6.07) is 0. The van der Waals surface area contributed by atoms with Crippen LogP contribution in [0, 0.1) is 0 Å². The molecule has 0 atom stereocenters. The highest BCUT2D eigenvalue weighted by molar-refractivity contribution is 8.23. The molecule has 0 N–H and O–H groups in total. The number of rotatable bonds is 4. The summed E-state index contributed by atoms with van der Waals surface area (Å²) in [7, 11) is 0. The maximum absolute atomic E-state index is 11.3. The van der Waals surface area contributed by atoms with E-state index in [1.807, 2.05) is 0 Å². The second kappa shape index (κ2) is 7.66. The van der Waals surface area contributed by atoms with Gasteiger partial charge in [0.2, 0.25) is 5.78 Å². The second-order valence-corrected chi connectivity index (χ2v) is 5.36. The first kappa shape index (κ1) is 14.4. The van der Waals surface area contributed by atoms with Crippen LogP contribution in [-0.4, -0.2) is 46.4 Å². The molecule has 0 aromatic heterocycles. The van der Waals surface area contributed by atoms with Crippen LogP contribution >= 0.6 is 24.0 Å². The molecule has 0 radical (unpaired) electrons. The zero-order valence-electron chi connectivity index (χ0n) is 9.94. The van der Waals surface area contributed by atoms with Crippen LogP contribution in [-0.2, 0) is 14.3 Å². The van der Waals surface area contributed by atoms with Gasteiger partial charge >= 0.3 is 5.97 Å². The molecular weight excluding hydrogens is 258 g/mol. The fraction of sp³-hybridized carbons (Fsp3) is 0.727. The number of carbonyl (C=O) groups is 2. The highest BCUT2D eigenvalue weighted by Crippen LogP contribution is 2.16. The van der Waals surface area contributed by atoms with E-state index in [0.29, 0.717) is 4.32 Å². The quantitative estimate of drug-likeness (QED) is 0.441. The highest BCUT2D eigenvalue weighted by Gasteiger charge is 2.18. The standard InChI is InChI=1S/C11H17NO3S2/c1-2-15-10(14)9(13)8-17-11(16)12-6-4-3-5-7-12/h2-8H2,1H3. The summed E-state index contributed by atoms with van der Waals surface area (Å²) >= 11 is 6.48. The molecular formula is C11H17NO3S2. The molecule has 0 aromatic carbocycles. The van der Waals surface area contributed by atoms with E-state index >= 15 is 0 Å². The number of ketones is 1. The van der Waals surface area contributed by atoms with Crippen LogP contribution < -0.4 is 0 Å². The van der Waals surface area contributed by atoms with Crippen LogP contribution in [0.4, 0.5) is 0 Å². The van der Waals surface area contributed by atoms with Crippen molar-refractivity contribution in [2.24, 2.45) is 0 Å². The Bertz CT molecular complexity index is 301. The third-order valence-electron chi connectivity index (χ3n) is 2.44. The van der Waals surface area contributed by atoms with Crippen molar-refractivity contribution in [1.29, 1.82) is 0 Å². The summed E-state index contributed by atoms with van der Waals surface area (Å²) in [5.41, 5.74) is 0. The number of likely N-dealkylation sites (tertiary alicyclic amines) is 1. The van der Waals surface area contributed by atoms with E-state index in [1.165, 1.54) is 18.2 Å². The third-order valence-corrected chi connectivity index (χ3v) is 3.97. The minimum atomic E-state index is -0.763. The average molecular weight is 275 g/mol. The fourth-order valence-electron chi connectivity index (χ4n) is 1.57. The van der Waals surface area contributed by atoms with Crippen LogP contribution in [0.1, 0.15) is 26.2 Å². The minimum Gasteiger partial charge on any atom is -0.460 e. The molecule has 0 saturated carbocycles. The molecule has 0 aliphatic carbocycles. The number of thioether (sulfide) groups is 1. The van der Waals surface area contributed by atoms with Crippen molar-refractivity contribution in [3.63, 3.8) is 0 Å². The molecule has 1 rings (SSSR count). The van der Waals surface area contributed by atoms with Gasteiger partial charge in [-0.1, -0.05) is 24.0 Å². The summed E-state index contributed by atoms with van der Waals surface area (Å²) in [4.78, 5) is 24.5. The smallest absolute Gasteiger partial charge is 0.375 e. The first-order valence-electron chi connectivity index (χ1n) is 5.76. The molecule has 0 amide bonds. The maximum Gasteiger partial charge on any atom is 0.375 e. The number of ether oxygens (including phenoxy) is 1. The SMILES string of the molecule is CCOC(=O)C(=O)CSC(=S)N1CCCCC1. The number of Topliss-reactive ketones (excluding diaryl/α,β-unsaturated/α-hetero) is 1. The number of esters is 1. The van der Waals surface area contributed by atoms with Crippen molar-refractivity contribution in [3.8, 4) is 0 Å². The molecule has 1 saturated heterocycles. The van der Waals surface area contributed by atoms with Crippen molar-refractivity contribution in [2.75, 3.05) is 25.4 Å². The molecule has 4 nitrogen and oxygen atoms in total. The van der Waals surface area contributed by atoms with Gasteiger partial charge in [0.25, 0.3) is 0 Å². The lowest BCUT2D eigenvalue weighted by molar-refractivity contribution is -0.152. The zero-order chi connectivity index (χ0) is 12.7. The highest BCUT2D eigenvalue weighted by atomic mass is 32.2. The lowest BCUT2D eigenvalue weighted by Crippen LogP contribution is -2.33. The molecule has 1 aliphatic heterocycles. The number of thiocarbonyl (C=S) groups is 1. The Morgan fingerprint density at radius 1 is 1.29 bits per heavy atom. The Balaban J connectivity index is 2.27. The molecule has 0 spiro atoms. The van der Waals surface area contributed by atoms with Gasteiger partial charge in [0.1, 0.15) is 4.32 Å². The van der Waals surface area contributed by atoms with E-state index in [2.05, 4.69) is 9.64 Å². The van der Waals surface area contributed by atoms with Crippen molar-refractivity contribution >= 4 is 40.1 Å². The Kier molecular flexibility index (Phi) is 6.50. The summed E-state index contributed by atoms with van der Waals surface area (Å²) in [5.74, 6) is -1.20. The molecule has 6 heteroatoms. The monoisotopic (exact) mass is 275 g/mol. The van der Waals surface area contributed by atoms with Gasteiger partial charge in [-0.05, 0) is 26.2 Å². The Morgan fingerprint density at radius 3 is 2.53 bits per heavy atom. The molecule has 1 aliphatic rings. The lowest BCUT2D eigenvalue weighted by atomic mass is 10.1. The van der Waals surface area contributed by atoms with E-state index in [9.17, 15) is 9.59 Å². The van der Waals surface area contributed by atoms with E-state index in [1.54, 1.807) is 6.92 Å². The van der Waals surface area contributed by atoms with Gasteiger partial charge in [0, 0.05) is 13.1 Å². The van der Waals surface area contributed by atoms with Crippen LogP contribution in [0.3, 0.4) is 0 Å². The number of hydrogen-bond donors (Lipinski definition) is 0. The summed E-state index contributed by atoms with van der Waals surface area (Å²) in [6.45, 7) is 3.82. The fourth-order valence-corrected chi connectivity index (χ4v) is 2.66. The van der Waals surface area contributed by atoms with Gasteiger partial charge < -0.3 is 9.64 Å². The average Bonchev–Trinajstić information content (AvgIpc) is 2.36. The van der Waals surface area contributed by atoms with Gasteiger partial charge in [0.15, 0.2) is 0 Å². The number of hydrogen-bond acceptors (Lipinski definition) is 5.